The lowest BCUT2D eigenvalue weighted by Gasteiger charge is -2.41. The third kappa shape index (κ3) is 5.30. The molecule has 0 spiro atoms. The lowest BCUT2D eigenvalue weighted by atomic mass is 9.92. The number of fused-ring (bicyclic) bond motifs is 1. The molecule has 2 saturated heterocycles. The minimum absolute atomic E-state index is 0.0155. The van der Waals surface area contributed by atoms with E-state index in [0.29, 0.717) is 6.61 Å². The van der Waals surface area contributed by atoms with Gasteiger partial charge in [-0.15, -0.1) is 6.58 Å². The second-order valence-corrected chi connectivity index (χ2v) is 15.3. The molecule has 7 heteroatoms. The van der Waals surface area contributed by atoms with Crippen molar-refractivity contribution in [2.24, 2.45) is 0 Å². The van der Waals surface area contributed by atoms with E-state index >= 15 is 0 Å². The zero-order valence-corrected chi connectivity index (χ0v) is 20.9. The molecule has 2 fully saturated rings. The second kappa shape index (κ2) is 8.70. The molecular formula is C24H38O6Si. The predicted molar refractivity (Wildman–Crippen MR) is 122 cm³/mol. The summed E-state index contributed by atoms with van der Waals surface area (Å²) in [7, 11) is -2.09. The number of ether oxygens (including phenoxy) is 4. The monoisotopic (exact) mass is 450 g/mol. The zero-order chi connectivity index (χ0) is 23.1. The van der Waals surface area contributed by atoms with E-state index in [2.05, 4.69) is 40.4 Å². The highest BCUT2D eigenvalue weighted by Crippen LogP contribution is 2.43. The Kier molecular flexibility index (Phi) is 6.90. The van der Waals surface area contributed by atoms with Gasteiger partial charge in [-0.05, 0) is 37.5 Å². The maximum atomic E-state index is 11.6. The fourth-order valence-corrected chi connectivity index (χ4v) is 4.63. The van der Waals surface area contributed by atoms with Crippen LogP contribution < -0.4 is 0 Å². The Balaban J connectivity index is 1.80. The third-order valence-corrected chi connectivity index (χ3v) is 11.1. The summed E-state index contributed by atoms with van der Waals surface area (Å²) in [5.74, 6) is -0.779. The molecule has 174 valence electrons. The Bertz CT molecular complexity index is 759. The Labute approximate surface area is 187 Å². The molecular weight excluding hydrogens is 412 g/mol. The van der Waals surface area contributed by atoms with Gasteiger partial charge in [0, 0.05) is 0 Å². The van der Waals surface area contributed by atoms with Crippen LogP contribution in [0.4, 0.5) is 0 Å². The van der Waals surface area contributed by atoms with Crippen molar-refractivity contribution in [3.63, 3.8) is 0 Å². The van der Waals surface area contributed by atoms with Gasteiger partial charge in [-0.25, -0.2) is 0 Å². The van der Waals surface area contributed by atoms with E-state index in [4.69, 9.17) is 23.4 Å². The summed E-state index contributed by atoms with van der Waals surface area (Å²) in [4.78, 5) is 0. The Hall–Kier alpha value is -1.06. The summed E-state index contributed by atoms with van der Waals surface area (Å²) >= 11 is 0. The summed E-state index contributed by atoms with van der Waals surface area (Å²) in [6.45, 7) is 18.8. The van der Waals surface area contributed by atoms with E-state index in [1.54, 1.807) is 0 Å². The normalized spacial score (nSPS) is 30.1. The first-order valence-corrected chi connectivity index (χ1v) is 13.9. The molecule has 1 N–H and O–H groups in total. The van der Waals surface area contributed by atoms with Gasteiger partial charge in [0.15, 0.2) is 20.4 Å². The van der Waals surface area contributed by atoms with Gasteiger partial charge in [0.05, 0.1) is 13.2 Å². The minimum atomic E-state index is -2.09. The van der Waals surface area contributed by atoms with Crippen LogP contribution >= 0.6 is 0 Å². The molecule has 6 nitrogen and oxygen atoms in total. The van der Waals surface area contributed by atoms with Crippen LogP contribution in [0.25, 0.3) is 0 Å². The van der Waals surface area contributed by atoms with Crippen LogP contribution in [0, 0.1) is 0 Å². The number of rotatable bonds is 8. The molecule has 0 amide bonds. The second-order valence-electron chi connectivity index (χ2n) is 10.5. The highest BCUT2D eigenvalue weighted by molar-refractivity contribution is 6.74. The van der Waals surface area contributed by atoms with Gasteiger partial charge >= 0.3 is 0 Å². The first-order valence-electron chi connectivity index (χ1n) is 10.9. The van der Waals surface area contributed by atoms with Crippen LogP contribution in [0.3, 0.4) is 0 Å². The lowest BCUT2D eigenvalue weighted by Crippen LogP contribution is -2.55. The summed E-state index contributed by atoms with van der Waals surface area (Å²) in [5, 5.41) is 11.6. The average molecular weight is 451 g/mol. The molecule has 1 aromatic rings. The van der Waals surface area contributed by atoms with Crippen LogP contribution in [0.2, 0.25) is 18.1 Å². The molecule has 3 rings (SSSR count). The number of hydrogen-bond acceptors (Lipinski definition) is 6. The Morgan fingerprint density at radius 1 is 1.16 bits per heavy atom. The first kappa shape index (κ1) is 24.6. The fourth-order valence-electron chi connectivity index (χ4n) is 3.60. The van der Waals surface area contributed by atoms with E-state index in [1.165, 1.54) is 6.08 Å². The first-order chi connectivity index (χ1) is 14.3. The molecule has 2 heterocycles. The number of aliphatic hydroxyl groups is 1. The standard InChI is InChI=1S/C24H38O6Si/c1-9-24(25,16-27-31(7,8)22(2,3)4)20-18(26-15-17-13-11-10-12-14-17)19-21(28-20)30-23(5,6)29-19/h9-14,18-21,25H,1,15-16H2,2-8H3/t18-,19-,20+,21-,24?/m1/s1. The molecule has 0 bridgehead atoms. The third-order valence-electron chi connectivity index (χ3n) is 6.59. The van der Waals surface area contributed by atoms with Crippen LogP contribution in [-0.2, 0) is 30.0 Å². The molecule has 5 atom stereocenters. The molecule has 1 unspecified atom stereocenters. The lowest BCUT2D eigenvalue weighted by molar-refractivity contribution is -0.241. The quantitative estimate of drug-likeness (QED) is 0.468. The average Bonchev–Trinajstić information content (AvgIpc) is 3.16. The van der Waals surface area contributed by atoms with Gasteiger partial charge in [0.1, 0.15) is 23.9 Å². The molecule has 1 aromatic carbocycles. The smallest absolute Gasteiger partial charge is 0.192 e. The SMILES string of the molecule is C=CC(O)(CO[Si](C)(C)C(C)(C)C)[C@H]1O[C@@H]2OC(C)(C)O[C@@H]2[C@H]1OCc1ccccc1. The summed E-state index contributed by atoms with van der Waals surface area (Å²) in [5.41, 5.74) is -0.416. The highest BCUT2D eigenvalue weighted by atomic mass is 28.4. The van der Waals surface area contributed by atoms with Gasteiger partial charge < -0.3 is 28.5 Å². The maximum Gasteiger partial charge on any atom is 0.192 e. The van der Waals surface area contributed by atoms with Gasteiger partial charge in [-0.3, -0.25) is 0 Å². The number of benzene rings is 1. The molecule has 0 radical (unpaired) electrons. The van der Waals surface area contributed by atoms with Crippen molar-refractivity contribution in [2.75, 3.05) is 6.61 Å². The topological polar surface area (TPSA) is 66.4 Å². The summed E-state index contributed by atoms with van der Waals surface area (Å²) in [6, 6.07) is 9.90. The van der Waals surface area contributed by atoms with E-state index in [0.717, 1.165) is 5.56 Å². The van der Waals surface area contributed by atoms with Crippen molar-refractivity contribution in [2.45, 2.75) is 95.3 Å². The van der Waals surface area contributed by atoms with Crippen molar-refractivity contribution in [1.82, 2.24) is 0 Å². The van der Waals surface area contributed by atoms with Crippen LogP contribution in [0.15, 0.2) is 43.0 Å². The van der Waals surface area contributed by atoms with Crippen molar-refractivity contribution in [3.8, 4) is 0 Å². The van der Waals surface area contributed by atoms with Gasteiger partial charge in [-0.1, -0.05) is 57.2 Å². The van der Waals surface area contributed by atoms with Crippen LogP contribution in [0.5, 0.6) is 0 Å². The molecule has 2 aliphatic rings. The minimum Gasteiger partial charge on any atom is -0.413 e. The predicted octanol–water partition coefficient (Wildman–Crippen LogP) is 4.39. The highest BCUT2D eigenvalue weighted by Gasteiger charge is 2.60. The summed E-state index contributed by atoms with van der Waals surface area (Å²) in [6.07, 6.45) is -0.860. The number of hydrogen-bond donors (Lipinski definition) is 1. The van der Waals surface area contributed by atoms with Crippen molar-refractivity contribution >= 4 is 8.32 Å². The zero-order valence-electron chi connectivity index (χ0n) is 19.9. The van der Waals surface area contributed by atoms with E-state index in [1.807, 2.05) is 44.2 Å². The van der Waals surface area contributed by atoms with E-state index < -0.39 is 44.3 Å². The molecule has 2 aliphatic heterocycles. The maximum absolute atomic E-state index is 11.6. The van der Waals surface area contributed by atoms with Crippen molar-refractivity contribution in [3.05, 3.63) is 48.6 Å². The van der Waals surface area contributed by atoms with Gasteiger partial charge in [0.25, 0.3) is 0 Å². The van der Waals surface area contributed by atoms with Crippen molar-refractivity contribution < 1.29 is 28.5 Å². The largest absolute Gasteiger partial charge is 0.413 e. The van der Waals surface area contributed by atoms with Gasteiger partial charge in [0.2, 0.25) is 0 Å². The molecule has 0 aliphatic carbocycles. The van der Waals surface area contributed by atoms with Crippen molar-refractivity contribution in [1.29, 1.82) is 0 Å². The van der Waals surface area contributed by atoms with Crippen LogP contribution in [0.1, 0.15) is 40.2 Å². The van der Waals surface area contributed by atoms with E-state index in [9.17, 15) is 5.11 Å². The fraction of sp³-hybridized carbons (Fsp3) is 0.667. The molecule has 0 saturated carbocycles. The van der Waals surface area contributed by atoms with Gasteiger partial charge in [-0.2, -0.15) is 0 Å². The van der Waals surface area contributed by atoms with Crippen LogP contribution in [-0.4, -0.2) is 56.0 Å². The Morgan fingerprint density at radius 3 is 2.39 bits per heavy atom. The van der Waals surface area contributed by atoms with E-state index in [-0.39, 0.29) is 11.6 Å². The summed E-state index contributed by atoms with van der Waals surface area (Å²) < 4.78 is 30.8. The molecule has 0 aromatic heterocycles. The Morgan fingerprint density at radius 2 is 1.81 bits per heavy atom. The molecule has 31 heavy (non-hydrogen) atoms.